The second kappa shape index (κ2) is 4.29. The van der Waals surface area contributed by atoms with Gasteiger partial charge in [-0.2, -0.15) is 0 Å². The van der Waals surface area contributed by atoms with Gasteiger partial charge in [0.25, 0.3) is 0 Å². The van der Waals surface area contributed by atoms with Gasteiger partial charge in [0.2, 0.25) is 0 Å². The molecule has 2 rings (SSSR count). The monoisotopic (exact) mass is 225 g/mol. The summed E-state index contributed by atoms with van der Waals surface area (Å²) in [6.07, 6.45) is 2.20. The first-order valence-corrected chi connectivity index (χ1v) is 5.35. The van der Waals surface area contributed by atoms with Crippen LogP contribution in [0, 0.1) is 17.6 Å². The number of nitrogens with two attached hydrogens (primary N) is 1. The van der Waals surface area contributed by atoms with Crippen LogP contribution in [0.2, 0.25) is 0 Å². The molecule has 0 saturated heterocycles. The van der Waals surface area contributed by atoms with Crippen molar-refractivity contribution in [2.24, 2.45) is 11.7 Å². The Hall–Kier alpha value is -1.29. The van der Waals surface area contributed by atoms with Gasteiger partial charge in [-0.15, -0.1) is 0 Å². The van der Waals surface area contributed by atoms with Gasteiger partial charge in [0, 0.05) is 12.0 Å². The van der Waals surface area contributed by atoms with Gasteiger partial charge >= 0.3 is 0 Å². The van der Waals surface area contributed by atoms with E-state index >= 15 is 0 Å². The van der Waals surface area contributed by atoms with Crippen LogP contribution in [0.3, 0.4) is 0 Å². The number of halogens is 2. The molecule has 2 N–H and O–H groups in total. The zero-order valence-electron chi connectivity index (χ0n) is 8.75. The van der Waals surface area contributed by atoms with Gasteiger partial charge in [0.15, 0.2) is 5.78 Å². The third-order valence-corrected chi connectivity index (χ3v) is 3.12. The average Bonchev–Trinajstić information content (AvgIpc) is 2.64. The van der Waals surface area contributed by atoms with E-state index in [9.17, 15) is 13.6 Å². The van der Waals surface area contributed by atoms with Gasteiger partial charge in [-0.25, -0.2) is 8.78 Å². The van der Waals surface area contributed by atoms with Crippen LogP contribution >= 0.6 is 0 Å². The summed E-state index contributed by atoms with van der Waals surface area (Å²) in [5.41, 5.74) is 5.31. The van der Waals surface area contributed by atoms with Crippen molar-refractivity contribution in [2.75, 3.05) is 0 Å². The predicted molar refractivity (Wildman–Crippen MR) is 56.0 cm³/mol. The minimum atomic E-state index is -0.802. The van der Waals surface area contributed by atoms with Crippen LogP contribution in [-0.2, 0) is 0 Å². The molecule has 16 heavy (non-hydrogen) atoms. The first-order chi connectivity index (χ1) is 7.61. The minimum Gasteiger partial charge on any atom is -0.327 e. The van der Waals surface area contributed by atoms with Crippen molar-refractivity contribution in [3.05, 3.63) is 35.4 Å². The van der Waals surface area contributed by atoms with Crippen molar-refractivity contribution in [3.63, 3.8) is 0 Å². The zero-order valence-corrected chi connectivity index (χ0v) is 8.75. The SMILES string of the molecule is NC1CCCC1C(=O)c1c(F)cccc1F. The Labute approximate surface area is 92.4 Å². The van der Waals surface area contributed by atoms with Crippen molar-refractivity contribution in [1.82, 2.24) is 0 Å². The smallest absolute Gasteiger partial charge is 0.173 e. The van der Waals surface area contributed by atoms with E-state index in [1.807, 2.05) is 0 Å². The van der Waals surface area contributed by atoms with Crippen molar-refractivity contribution in [2.45, 2.75) is 25.3 Å². The molecular weight excluding hydrogens is 212 g/mol. The summed E-state index contributed by atoms with van der Waals surface area (Å²) in [5.74, 6) is -2.54. The molecule has 4 heteroatoms. The maximum Gasteiger partial charge on any atom is 0.173 e. The quantitative estimate of drug-likeness (QED) is 0.784. The standard InChI is InChI=1S/C12H13F2NO/c13-8-4-2-5-9(14)11(8)12(16)7-3-1-6-10(7)15/h2,4-5,7,10H,1,3,6,15H2. The van der Waals surface area contributed by atoms with E-state index in [0.717, 1.165) is 25.0 Å². The van der Waals surface area contributed by atoms with Gasteiger partial charge in [0.1, 0.15) is 11.6 Å². The Bertz CT molecular complexity index is 399. The number of Topliss-reactive ketones (excluding diaryl/α,β-unsaturated/α-hetero) is 1. The zero-order chi connectivity index (χ0) is 11.7. The number of rotatable bonds is 2. The summed E-state index contributed by atoms with van der Waals surface area (Å²) in [5, 5.41) is 0. The number of ketones is 1. The third kappa shape index (κ3) is 1.85. The first kappa shape index (κ1) is 11.2. The Kier molecular flexibility index (Phi) is 3.01. The normalized spacial score (nSPS) is 24.7. The molecule has 0 aromatic heterocycles. The summed E-state index contributed by atoms with van der Waals surface area (Å²) >= 11 is 0. The summed E-state index contributed by atoms with van der Waals surface area (Å²) in [6.45, 7) is 0. The Morgan fingerprint density at radius 2 is 1.88 bits per heavy atom. The molecule has 0 amide bonds. The fourth-order valence-electron chi connectivity index (χ4n) is 2.23. The fourth-order valence-corrected chi connectivity index (χ4v) is 2.23. The van der Waals surface area contributed by atoms with Crippen molar-refractivity contribution in [3.8, 4) is 0 Å². The highest BCUT2D eigenvalue weighted by atomic mass is 19.1. The lowest BCUT2D eigenvalue weighted by molar-refractivity contribution is 0.0904. The van der Waals surface area contributed by atoms with Crippen LogP contribution in [0.4, 0.5) is 8.78 Å². The minimum absolute atomic E-state index is 0.272. The Morgan fingerprint density at radius 1 is 1.25 bits per heavy atom. The van der Waals surface area contributed by atoms with E-state index < -0.39 is 28.9 Å². The molecule has 1 aliphatic rings. The van der Waals surface area contributed by atoms with Gasteiger partial charge in [-0.3, -0.25) is 4.79 Å². The average molecular weight is 225 g/mol. The molecule has 1 saturated carbocycles. The molecule has 0 radical (unpaired) electrons. The molecule has 0 heterocycles. The second-order valence-corrected chi connectivity index (χ2v) is 4.16. The molecule has 0 aliphatic heterocycles. The van der Waals surface area contributed by atoms with Gasteiger partial charge in [-0.05, 0) is 25.0 Å². The molecule has 86 valence electrons. The predicted octanol–water partition coefficient (Wildman–Crippen LogP) is 2.27. The van der Waals surface area contributed by atoms with Crippen LogP contribution in [0.1, 0.15) is 29.6 Å². The van der Waals surface area contributed by atoms with Gasteiger partial charge in [-0.1, -0.05) is 12.5 Å². The van der Waals surface area contributed by atoms with E-state index in [4.69, 9.17) is 5.73 Å². The fraction of sp³-hybridized carbons (Fsp3) is 0.417. The maximum atomic E-state index is 13.4. The lowest BCUT2D eigenvalue weighted by Gasteiger charge is -2.14. The number of carbonyl (C=O) groups excluding carboxylic acids is 1. The molecule has 0 bridgehead atoms. The van der Waals surface area contributed by atoms with Crippen LogP contribution in [0.15, 0.2) is 18.2 Å². The van der Waals surface area contributed by atoms with E-state index in [0.29, 0.717) is 6.42 Å². The van der Waals surface area contributed by atoms with E-state index in [2.05, 4.69) is 0 Å². The van der Waals surface area contributed by atoms with Crippen LogP contribution in [0.5, 0.6) is 0 Å². The topological polar surface area (TPSA) is 43.1 Å². The molecule has 1 fully saturated rings. The molecule has 1 aromatic carbocycles. The molecule has 0 spiro atoms. The number of hydrogen-bond donors (Lipinski definition) is 1. The summed E-state index contributed by atoms with van der Waals surface area (Å²) in [7, 11) is 0. The molecule has 2 atom stereocenters. The summed E-state index contributed by atoms with van der Waals surface area (Å²) in [4.78, 5) is 11.9. The van der Waals surface area contributed by atoms with E-state index in [-0.39, 0.29) is 6.04 Å². The summed E-state index contributed by atoms with van der Waals surface area (Å²) < 4.78 is 26.8. The van der Waals surface area contributed by atoms with Crippen LogP contribution in [0.25, 0.3) is 0 Å². The molecule has 1 aromatic rings. The number of carbonyl (C=O) groups is 1. The van der Waals surface area contributed by atoms with Gasteiger partial charge < -0.3 is 5.73 Å². The van der Waals surface area contributed by atoms with Gasteiger partial charge in [0.05, 0.1) is 5.56 Å². The molecule has 2 nitrogen and oxygen atoms in total. The molecular formula is C12H13F2NO. The highest BCUT2D eigenvalue weighted by molar-refractivity contribution is 5.99. The molecule has 2 unspecified atom stereocenters. The van der Waals surface area contributed by atoms with Crippen molar-refractivity contribution < 1.29 is 13.6 Å². The third-order valence-electron chi connectivity index (χ3n) is 3.12. The Balaban J connectivity index is 2.33. The lowest BCUT2D eigenvalue weighted by atomic mass is 9.93. The highest BCUT2D eigenvalue weighted by Crippen LogP contribution is 2.29. The number of hydrogen-bond acceptors (Lipinski definition) is 2. The largest absolute Gasteiger partial charge is 0.327 e. The van der Waals surface area contributed by atoms with Crippen LogP contribution < -0.4 is 5.73 Å². The Morgan fingerprint density at radius 3 is 2.38 bits per heavy atom. The number of benzene rings is 1. The van der Waals surface area contributed by atoms with E-state index in [1.165, 1.54) is 6.07 Å². The van der Waals surface area contributed by atoms with E-state index in [1.54, 1.807) is 0 Å². The van der Waals surface area contributed by atoms with Crippen LogP contribution in [-0.4, -0.2) is 11.8 Å². The lowest BCUT2D eigenvalue weighted by Crippen LogP contribution is -2.31. The first-order valence-electron chi connectivity index (χ1n) is 5.35. The molecule has 1 aliphatic carbocycles. The van der Waals surface area contributed by atoms with Crippen molar-refractivity contribution >= 4 is 5.78 Å². The maximum absolute atomic E-state index is 13.4. The second-order valence-electron chi connectivity index (χ2n) is 4.16. The summed E-state index contributed by atoms with van der Waals surface area (Å²) in [6, 6.07) is 3.16. The van der Waals surface area contributed by atoms with Crippen molar-refractivity contribution in [1.29, 1.82) is 0 Å². The highest BCUT2D eigenvalue weighted by Gasteiger charge is 2.33.